The minimum Gasteiger partial charge on any atom is -0.756 e. The minimum atomic E-state index is -4.54. The van der Waals surface area contributed by atoms with Crippen LogP contribution in [0.5, 0.6) is 0 Å². The molecule has 0 spiro atoms. The van der Waals surface area contributed by atoms with Gasteiger partial charge in [0.15, 0.2) is 0 Å². The van der Waals surface area contributed by atoms with Gasteiger partial charge >= 0.3 is 0 Å². The van der Waals surface area contributed by atoms with Crippen LogP contribution in [0.3, 0.4) is 0 Å². The van der Waals surface area contributed by atoms with Crippen LogP contribution < -0.4 is 10.2 Å². The highest BCUT2D eigenvalue weighted by atomic mass is 31.2. The Morgan fingerprint density at radius 2 is 1.09 bits per heavy atom. The van der Waals surface area contributed by atoms with Gasteiger partial charge < -0.3 is 28.8 Å². The van der Waals surface area contributed by atoms with Gasteiger partial charge in [-0.15, -0.1) is 0 Å². The molecule has 0 aliphatic heterocycles. The Labute approximate surface area is 279 Å². The zero-order valence-electron chi connectivity index (χ0n) is 30.3. The van der Waals surface area contributed by atoms with E-state index in [1.165, 1.54) is 109 Å². The summed E-state index contributed by atoms with van der Waals surface area (Å²) in [5.41, 5.74) is 0. The highest BCUT2D eigenvalue weighted by Crippen LogP contribution is 2.38. The van der Waals surface area contributed by atoms with Crippen LogP contribution in [0, 0.1) is 0 Å². The molecular formula is C36H75N2O6P. The SMILES string of the molecule is CCCCCCCCCCCCCCCCCCC(O)C(COP(=O)([O-])OCC[N+](C)(C)C)NC(=O)CCCCCCCCC. The summed E-state index contributed by atoms with van der Waals surface area (Å²) in [6, 6.07) is -0.789. The van der Waals surface area contributed by atoms with Crippen LogP contribution in [-0.4, -0.2) is 68.5 Å². The summed E-state index contributed by atoms with van der Waals surface area (Å²) < 4.78 is 23.1. The van der Waals surface area contributed by atoms with E-state index in [1.807, 2.05) is 21.1 Å². The van der Waals surface area contributed by atoms with Gasteiger partial charge in [-0.25, -0.2) is 0 Å². The molecule has 270 valence electrons. The summed E-state index contributed by atoms with van der Waals surface area (Å²) in [7, 11) is 1.31. The van der Waals surface area contributed by atoms with Crippen LogP contribution in [0.1, 0.15) is 174 Å². The third-order valence-electron chi connectivity index (χ3n) is 8.60. The molecule has 0 saturated carbocycles. The first-order valence-corrected chi connectivity index (χ1v) is 20.3. The number of carbonyl (C=O) groups excluding carboxylic acids is 1. The number of likely N-dealkylation sites (N-methyl/N-ethyl adjacent to an activating group) is 1. The normalized spacial score (nSPS) is 14.7. The van der Waals surface area contributed by atoms with Gasteiger partial charge in [0, 0.05) is 6.42 Å². The molecule has 0 aromatic rings. The monoisotopic (exact) mass is 663 g/mol. The molecule has 0 rings (SSSR count). The fourth-order valence-corrected chi connectivity index (χ4v) is 6.23. The topological polar surface area (TPSA) is 108 Å². The predicted octanol–water partition coefficient (Wildman–Crippen LogP) is 8.83. The smallest absolute Gasteiger partial charge is 0.268 e. The second-order valence-electron chi connectivity index (χ2n) is 14.3. The zero-order chi connectivity index (χ0) is 33.7. The number of aliphatic hydroxyl groups is 1. The standard InChI is InChI=1S/C36H75N2O6P/c1-6-8-10-12-14-15-16-17-18-19-20-21-22-24-25-27-29-35(39)34(33-44-45(41,42)43-32-31-38(3,4)5)37-36(40)30-28-26-23-13-11-9-7-2/h34-35,39H,6-33H2,1-5H3,(H-,37,40,41,42). The molecule has 3 atom stereocenters. The second kappa shape index (κ2) is 29.6. The largest absolute Gasteiger partial charge is 0.756 e. The van der Waals surface area contributed by atoms with Crippen molar-refractivity contribution in [2.45, 2.75) is 187 Å². The number of quaternary nitrogens is 1. The van der Waals surface area contributed by atoms with Gasteiger partial charge in [0.25, 0.3) is 7.82 Å². The van der Waals surface area contributed by atoms with Crippen molar-refractivity contribution in [3.05, 3.63) is 0 Å². The summed E-state index contributed by atoms with van der Waals surface area (Å²) >= 11 is 0. The molecule has 0 fully saturated rings. The molecule has 45 heavy (non-hydrogen) atoms. The van der Waals surface area contributed by atoms with Gasteiger partial charge in [0.1, 0.15) is 13.2 Å². The van der Waals surface area contributed by atoms with E-state index in [-0.39, 0.29) is 19.1 Å². The molecule has 0 aliphatic rings. The summed E-state index contributed by atoms with van der Waals surface area (Å²) in [5, 5.41) is 13.8. The van der Waals surface area contributed by atoms with E-state index >= 15 is 0 Å². The lowest BCUT2D eigenvalue weighted by molar-refractivity contribution is -0.870. The van der Waals surface area contributed by atoms with Gasteiger partial charge in [-0.2, -0.15) is 0 Å². The van der Waals surface area contributed by atoms with E-state index in [4.69, 9.17) is 9.05 Å². The molecule has 0 saturated heterocycles. The number of phosphoric ester groups is 1. The highest BCUT2D eigenvalue weighted by molar-refractivity contribution is 7.45. The molecule has 0 heterocycles. The average Bonchev–Trinajstić information content (AvgIpc) is 2.97. The fourth-order valence-electron chi connectivity index (χ4n) is 5.51. The van der Waals surface area contributed by atoms with Crippen LogP contribution >= 0.6 is 7.82 Å². The Morgan fingerprint density at radius 1 is 0.689 bits per heavy atom. The summed E-state index contributed by atoms with van der Waals surface area (Å²) in [5.74, 6) is -0.171. The van der Waals surface area contributed by atoms with Crippen molar-refractivity contribution < 1.29 is 32.9 Å². The van der Waals surface area contributed by atoms with Crippen molar-refractivity contribution in [2.24, 2.45) is 0 Å². The molecular weight excluding hydrogens is 587 g/mol. The number of aliphatic hydroxyl groups excluding tert-OH is 1. The number of nitrogens with one attached hydrogen (secondary N) is 1. The first-order valence-electron chi connectivity index (χ1n) is 18.9. The maximum Gasteiger partial charge on any atom is 0.268 e. The van der Waals surface area contributed by atoms with E-state index in [2.05, 4.69) is 19.2 Å². The van der Waals surface area contributed by atoms with Crippen LogP contribution in [0.4, 0.5) is 0 Å². The maximum atomic E-state index is 12.7. The summed E-state index contributed by atoms with van der Waals surface area (Å²) in [6.45, 7) is 4.66. The molecule has 2 N–H and O–H groups in total. The first kappa shape index (κ1) is 44.5. The molecule has 3 unspecified atom stereocenters. The molecule has 1 amide bonds. The van der Waals surface area contributed by atoms with Crippen molar-refractivity contribution in [2.75, 3.05) is 40.9 Å². The average molecular weight is 663 g/mol. The minimum absolute atomic E-state index is 0.0152. The number of hydrogen-bond acceptors (Lipinski definition) is 6. The molecule has 0 aromatic carbocycles. The number of amides is 1. The second-order valence-corrected chi connectivity index (χ2v) is 15.7. The molecule has 8 nitrogen and oxygen atoms in total. The van der Waals surface area contributed by atoms with E-state index in [0.717, 1.165) is 38.5 Å². The fraction of sp³-hybridized carbons (Fsp3) is 0.972. The van der Waals surface area contributed by atoms with E-state index in [0.29, 0.717) is 23.9 Å². The third-order valence-corrected chi connectivity index (χ3v) is 9.56. The van der Waals surface area contributed by atoms with E-state index in [9.17, 15) is 19.4 Å². The van der Waals surface area contributed by atoms with Crippen LogP contribution in [0.25, 0.3) is 0 Å². The molecule has 0 radical (unpaired) electrons. The van der Waals surface area contributed by atoms with Crippen molar-refractivity contribution in [3.63, 3.8) is 0 Å². The Balaban J connectivity index is 4.35. The lowest BCUT2D eigenvalue weighted by Crippen LogP contribution is -2.46. The lowest BCUT2D eigenvalue weighted by atomic mass is 10.0. The number of unbranched alkanes of at least 4 members (excludes halogenated alkanes) is 21. The van der Waals surface area contributed by atoms with Crippen molar-refractivity contribution >= 4 is 13.7 Å². The third kappa shape index (κ3) is 31.8. The number of phosphoric acid groups is 1. The summed E-state index contributed by atoms with van der Waals surface area (Å²) in [6.07, 6.45) is 28.3. The summed E-state index contributed by atoms with van der Waals surface area (Å²) in [4.78, 5) is 25.0. The van der Waals surface area contributed by atoms with Crippen molar-refractivity contribution in [1.29, 1.82) is 0 Å². The number of rotatable bonds is 34. The quantitative estimate of drug-likeness (QED) is 0.0405. The Morgan fingerprint density at radius 3 is 1.51 bits per heavy atom. The van der Waals surface area contributed by atoms with Gasteiger partial charge in [-0.1, -0.05) is 155 Å². The molecule has 0 aliphatic carbocycles. The van der Waals surface area contributed by atoms with Gasteiger partial charge in [-0.05, 0) is 12.8 Å². The lowest BCUT2D eigenvalue weighted by Gasteiger charge is -2.30. The van der Waals surface area contributed by atoms with Crippen molar-refractivity contribution in [3.8, 4) is 0 Å². The Bertz CT molecular complexity index is 718. The molecule has 0 aromatic heterocycles. The number of nitrogens with zero attached hydrogens (tertiary/aromatic N) is 1. The van der Waals surface area contributed by atoms with Gasteiger partial charge in [0.2, 0.25) is 5.91 Å². The van der Waals surface area contributed by atoms with Crippen molar-refractivity contribution in [1.82, 2.24) is 5.32 Å². The Kier molecular flexibility index (Phi) is 29.3. The predicted molar refractivity (Wildman–Crippen MR) is 187 cm³/mol. The first-order chi connectivity index (χ1) is 21.5. The highest BCUT2D eigenvalue weighted by Gasteiger charge is 2.24. The number of hydrogen-bond donors (Lipinski definition) is 2. The maximum absolute atomic E-state index is 12.7. The van der Waals surface area contributed by atoms with Gasteiger partial charge in [0.05, 0.1) is 39.9 Å². The van der Waals surface area contributed by atoms with E-state index in [1.54, 1.807) is 0 Å². The van der Waals surface area contributed by atoms with E-state index < -0.39 is 20.0 Å². The van der Waals surface area contributed by atoms with Crippen LogP contribution in [0.2, 0.25) is 0 Å². The van der Waals surface area contributed by atoms with Crippen LogP contribution in [0.15, 0.2) is 0 Å². The number of carbonyl (C=O) groups is 1. The molecule has 0 bridgehead atoms. The van der Waals surface area contributed by atoms with Crippen LogP contribution in [-0.2, 0) is 18.4 Å². The van der Waals surface area contributed by atoms with Gasteiger partial charge in [-0.3, -0.25) is 9.36 Å². The Hall–Kier alpha value is -0.500. The zero-order valence-corrected chi connectivity index (χ0v) is 31.2. The molecule has 9 heteroatoms.